The molecule has 3 nitrogen and oxygen atoms in total. The Hall–Kier alpha value is -0.480. The molecule has 0 saturated heterocycles. The van der Waals surface area contributed by atoms with E-state index < -0.39 is 6.72 Å². The van der Waals surface area contributed by atoms with Crippen LogP contribution in [0.5, 0.6) is 11.5 Å². The normalized spacial score (nSPS) is 11.2. The maximum Gasteiger partial charge on any atom is 0.451 e. The lowest BCUT2D eigenvalue weighted by Gasteiger charge is -2.19. The molecule has 0 amide bonds. The van der Waals surface area contributed by atoms with Crippen molar-refractivity contribution in [2.24, 2.45) is 0 Å². The predicted octanol–water partition coefficient (Wildman–Crippen LogP) is 5.85. The van der Waals surface area contributed by atoms with E-state index in [9.17, 15) is 0 Å². The van der Waals surface area contributed by atoms with E-state index in [-0.39, 0.29) is 0 Å². The van der Waals surface area contributed by atoms with Crippen LogP contribution in [0, 0.1) is 0 Å². The van der Waals surface area contributed by atoms with Crippen molar-refractivity contribution in [2.75, 3.05) is 0 Å². The van der Waals surface area contributed by atoms with Gasteiger partial charge >= 0.3 is 6.72 Å². The molecule has 0 aromatic heterocycles. The smallest absolute Gasteiger partial charge is 0.415 e. The summed E-state index contributed by atoms with van der Waals surface area (Å²) in [6.45, 7) is -3.16. The van der Waals surface area contributed by atoms with Crippen molar-refractivity contribution in [1.82, 2.24) is 0 Å². The van der Waals surface area contributed by atoms with Gasteiger partial charge in [-0.05, 0) is 48.5 Å². The van der Waals surface area contributed by atoms with Crippen LogP contribution in [0.3, 0.4) is 0 Å². The minimum absolute atomic E-state index is 0.451. The molecular weight excluding hydrogens is 362 g/mol. The minimum atomic E-state index is -3.16. The summed E-state index contributed by atoms with van der Waals surface area (Å²) in [6.07, 6.45) is 0. The van der Waals surface area contributed by atoms with Crippen LogP contribution < -0.4 is 9.05 Å². The van der Waals surface area contributed by atoms with E-state index in [1.54, 1.807) is 48.5 Å². The summed E-state index contributed by atoms with van der Waals surface area (Å²) in [5, 5.41) is 1.16. The van der Waals surface area contributed by atoms with Crippen molar-refractivity contribution < 1.29 is 13.1 Å². The quantitative estimate of drug-likeness (QED) is 0.618. The maximum atomic E-state index is 5.79. The molecule has 0 unspecified atom stereocenters. The second-order valence-corrected chi connectivity index (χ2v) is 7.63. The third-order valence-corrected chi connectivity index (χ3v) is 5.15. The van der Waals surface area contributed by atoms with Crippen LogP contribution >= 0.6 is 41.8 Å². The van der Waals surface area contributed by atoms with Gasteiger partial charge in [0, 0.05) is 21.9 Å². The third kappa shape index (κ3) is 4.52. The van der Waals surface area contributed by atoms with Gasteiger partial charge in [0.2, 0.25) is 0 Å². The van der Waals surface area contributed by atoms with Crippen molar-refractivity contribution >= 4 is 53.6 Å². The Morgan fingerprint density at radius 3 is 1.40 bits per heavy atom. The molecule has 0 fully saturated rings. The lowest BCUT2D eigenvalue weighted by Crippen LogP contribution is -2.00. The number of halogens is 3. The van der Waals surface area contributed by atoms with Crippen molar-refractivity contribution in [3.05, 3.63) is 58.6 Å². The molecule has 0 heterocycles. The van der Waals surface area contributed by atoms with Crippen LogP contribution in [0.4, 0.5) is 0 Å². The molecule has 0 aliphatic rings. The van der Waals surface area contributed by atoms with E-state index >= 15 is 0 Å². The fourth-order valence-corrected chi connectivity index (χ4v) is 3.09. The summed E-state index contributed by atoms with van der Waals surface area (Å²) in [5.74, 6) is 0.902. The van der Waals surface area contributed by atoms with Gasteiger partial charge in [-0.3, -0.25) is 0 Å². The molecule has 2 rings (SSSR count). The monoisotopic (exact) mass is 368 g/mol. The largest absolute Gasteiger partial charge is 0.451 e. The zero-order valence-corrected chi connectivity index (χ0v) is 13.8. The van der Waals surface area contributed by atoms with Gasteiger partial charge in [-0.25, -0.2) is 0 Å². The molecule has 8 heteroatoms. The Balaban J connectivity index is 2.14. The Kier molecular flexibility index (Phi) is 5.56. The SMILES string of the molecule is S=P(OCl)(Oc1ccc(Cl)cc1)Oc1ccc(Cl)cc1. The first-order valence-corrected chi connectivity index (χ1v) is 8.93. The first-order chi connectivity index (χ1) is 9.50. The summed E-state index contributed by atoms with van der Waals surface area (Å²) in [4.78, 5) is 0. The highest BCUT2D eigenvalue weighted by Gasteiger charge is 2.24. The van der Waals surface area contributed by atoms with E-state index in [2.05, 4.69) is 0 Å². The fraction of sp³-hybridized carbons (Fsp3) is 0. The van der Waals surface area contributed by atoms with E-state index in [4.69, 9.17) is 60.0 Å². The molecule has 20 heavy (non-hydrogen) atoms. The average molecular weight is 370 g/mol. The standard InChI is InChI=1S/C12H8Cl3O3PS/c13-9-1-5-11(6-2-9)16-19(20,18-15)17-12-7-3-10(14)4-8-12/h1-8H. The van der Waals surface area contributed by atoms with Crippen LogP contribution in [-0.2, 0) is 15.9 Å². The van der Waals surface area contributed by atoms with Crippen LogP contribution in [0.25, 0.3) is 0 Å². The van der Waals surface area contributed by atoms with E-state index in [0.717, 1.165) is 0 Å². The van der Waals surface area contributed by atoms with Gasteiger partial charge in [0.25, 0.3) is 0 Å². The van der Waals surface area contributed by atoms with Gasteiger partial charge in [-0.1, -0.05) is 23.2 Å². The Labute approximate surface area is 136 Å². The summed E-state index contributed by atoms with van der Waals surface area (Å²) >= 11 is 22.2. The van der Waals surface area contributed by atoms with Crippen LogP contribution in [-0.4, -0.2) is 0 Å². The topological polar surface area (TPSA) is 27.7 Å². The molecule has 0 radical (unpaired) electrons. The molecule has 2 aromatic carbocycles. The molecule has 0 saturated carbocycles. The minimum Gasteiger partial charge on any atom is -0.415 e. The summed E-state index contributed by atoms with van der Waals surface area (Å²) in [6, 6.07) is 13.2. The Bertz CT molecular complexity index is 567. The average Bonchev–Trinajstić information content (AvgIpc) is 2.44. The third-order valence-electron chi connectivity index (χ3n) is 2.15. The molecule has 0 bridgehead atoms. The number of hydrogen-bond donors (Lipinski definition) is 0. The first kappa shape index (κ1) is 15.9. The highest BCUT2D eigenvalue weighted by molar-refractivity contribution is 8.08. The van der Waals surface area contributed by atoms with Gasteiger partial charge < -0.3 is 9.05 Å². The first-order valence-electron chi connectivity index (χ1n) is 5.31. The van der Waals surface area contributed by atoms with Crippen molar-refractivity contribution in [3.8, 4) is 11.5 Å². The van der Waals surface area contributed by atoms with Crippen LogP contribution in [0.15, 0.2) is 48.5 Å². The van der Waals surface area contributed by atoms with Crippen LogP contribution in [0.2, 0.25) is 10.0 Å². The number of hydrogen-bond acceptors (Lipinski definition) is 4. The predicted molar refractivity (Wildman–Crippen MR) is 85.4 cm³/mol. The van der Waals surface area contributed by atoms with Crippen molar-refractivity contribution in [3.63, 3.8) is 0 Å². The zero-order valence-electron chi connectivity index (χ0n) is 9.83. The van der Waals surface area contributed by atoms with Crippen molar-refractivity contribution in [1.29, 1.82) is 0 Å². The van der Waals surface area contributed by atoms with Gasteiger partial charge in [0.15, 0.2) is 0 Å². The molecular formula is C12H8Cl3O3PS. The van der Waals surface area contributed by atoms with Gasteiger partial charge in [0.05, 0.1) is 11.9 Å². The maximum absolute atomic E-state index is 5.79. The summed E-state index contributed by atoms with van der Waals surface area (Å²) in [7, 11) is 0. The highest BCUT2D eigenvalue weighted by Crippen LogP contribution is 2.51. The molecule has 0 spiro atoms. The molecule has 106 valence electrons. The summed E-state index contributed by atoms with van der Waals surface area (Å²) in [5.41, 5.74) is 0. The van der Waals surface area contributed by atoms with Crippen molar-refractivity contribution in [2.45, 2.75) is 0 Å². The molecule has 0 atom stereocenters. The molecule has 0 N–H and O–H groups in total. The van der Waals surface area contributed by atoms with E-state index in [1.165, 1.54) is 0 Å². The molecule has 2 aromatic rings. The van der Waals surface area contributed by atoms with Crippen LogP contribution in [0.1, 0.15) is 0 Å². The Morgan fingerprint density at radius 1 is 0.750 bits per heavy atom. The second kappa shape index (κ2) is 6.99. The zero-order chi connectivity index (χ0) is 14.6. The number of rotatable bonds is 5. The number of benzene rings is 2. The lowest BCUT2D eigenvalue weighted by atomic mass is 10.3. The molecule has 0 aliphatic heterocycles. The van der Waals surface area contributed by atoms with E-state index in [1.807, 2.05) is 0 Å². The fourth-order valence-electron chi connectivity index (χ4n) is 1.30. The summed E-state index contributed by atoms with van der Waals surface area (Å²) < 4.78 is 15.7. The lowest BCUT2D eigenvalue weighted by molar-refractivity contribution is 0.398. The van der Waals surface area contributed by atoms with Gasteiger partial charge in [-0.2, -0.15) is 4.08 Å². The second-order valence-electron chi connectivity index (χ2n) is 3.61. The van der Waals surface area contributed by atoms with Gasteiger partial charge in [-0.15, -0.1) is 0 Å². The Morgan fingerprint density at radius 2 is 1.10 bits per heavy atom. The van der Waals surface area contributed by atoms with Gasteiger partial charge in [0.1, 0.15) is 11.5 Å². The molecule has 0 aliphatic carbocycles. The van der Waals surface area contributed by atoms with E-state index in [0.29, 0.717) is 21.5 Å². The highest BCUT2D eigenvalue weighted by atomic mass is 35.5.